The standard InChI is InChI=1S/C23H22F3N3O7/c1-32-16-5-3-4-13(21(16)33-2)10-17-20(22(27)31)29-19(35-17)11-28-18(30)12-34-14-6-8-15(9-7-14)36-23(24,25)26/h3-9H,10-12H2,1-2H3,(H2,27,31)(H,28,30). The van der Waals surface area contributed by atoms with Crippen LogP contribution < -0.4 is 30.0 Å². The van der Waals surface area contributed by atoms with Crippen LogP contribution in [0.4, 0.5) is 13.2 Å². The lowest BCUT2D eigenvalue weighted by Gasteiger charge is -2.11. The summed E-state index contributed by atoms with van der Waals surface area (Å²) >= 11 is 0. The molecule has 0 saturated carbocycles. The van der Waals surface area contributed by atoms with Crippen molar-refractivity contribution in [3.8, 4) is 23.0 Å². The summed E-state index contributed by atoms with van der Waals surface area (Å²) < 4.78 is 61.9. The minimum absolute atomic E-state index is 0.0302. The lowest BCUT2D eigenvalue weighted by Crippen LogP contribution is -2.28. The monoisotopic (exact) mass is 509 g/mol. The van der Waals surface area contributed by atoms with Crippen LogP contribution in [0.15, 0.2) is 46.9 Å². The van der Waals surface area contributed by atoms with Crippen LogP contribution in [0.1, 0.15) is 27.7 Å². The molecule has 2 aromatic carbocycles. The summed E-state index contributed by atoms with van der Waals surface area (Å²) in [5.74, 6) is -0.493. The number of methoxy groups -OCH3 is 2. The van der Waals surface area contributed by atoms with E-state index < -0.39 is 30.5 Å². The van der Waals surface area contributed by atoms with Gasteiger partial charge in [0.05, 0.1) is 20.8 Å². The normalized spacial score (nSPS) is 11.0. The van der Waals surface area contributed by atoms with E-state index in [1.165, 1.54) is 26.4 Å². The molecule has 0 saturated heterocycles. The van der Waals surface area contributed by atoms with Gasteiger partial charge in [-0.25, -0.2) is 4.98 Å². The molecule has 0 fully saturated rings. The fourth-order valence-electron chi connectivity index (χ4n) is 3.17. The summed E-state index contributed by atoms with van der Waals surface area (Å²) in [6, 6.07) is 9.77. The Morgan fingerprint density at radius 3 is 2.36 bits per heavy atom. The summed E-state index contributed by atoms with van der Waals surface area (Å²) in [4.78, 5) is 28.0. The Hall–Kier alpha value is -4.42. The number of aromatic nitrogens is 1. The van der Waals surface area contributed by atoms with Gasteiger partial charge in [0.2, 0.25) is 5.89 Å². The van der Waals surface area contributed by atoms with Gasteiger partial charge in [-0.05, 0) is 30.3 Å². The van der Waals surface area contributed by atoms with Crippen molar-refractivity contribution in [3.05, 3.63) is 65.4 Å². The third-order valence-corrected chi connectivity index (χ3v) is 4.67. The van der Waals surface area contributed by atoms with Crippen molar-refractivity contribution in [2.45, 2.75) is 19.3 Å². The molecular weight excluding hydrogens is 487 g/mol. The second kappa shape index (κ2) is 11.3. The van der Waals surface area contributed by atoms with E-state index in [-0.39, 0.29) is 36.1 Å². The molecule has 1 heterocycles. The first kappa shape index (κ1) is 26.2. The molecule has 2 amide bonds. The fourth-order valence-corrected chi connectivity index (χ4v) is 3.17. The molecule has 3 aromatic rings. The van der Waals surface area contributed by atoms with E-state index in [2.05, 4.69) is 15.0 Å². The zero-order valence-electron chi connectivity index (χ0n) is 19.2. The van der Waals surface area contributed by atoms with Crippen LogP contribution in [0.2, 0.25) is 0 Å². The number of hydrogen-bond donors (Lipinski definition) is 2. The third-order valence-electron chi connectivity index (χ3n) is 4.67. The Morgan fingerprint density at radius 1 is 1.06 bits per heavy atom. The molecule has 1 aromatic heterocycles. The van der Waals surface area contributed by atoms with Crippen LogP contribution in [0.25, 0.3) is 0 Å². The maximum Gasteiger partial charge on any atom is 0.573 e. The lowest BCUT2D eigenvalue weighted by atomic mass is 10.1. The Balaban J connectivity index is 1.60. The number of rotatable bonds is 11. The van der Waals surface area contributed by atoms with Gasteiger partial charge in [-0.15, -0.1) is 13.2 Å². The quantitative estimate of drug-likeness (QED) is 0.403. The van der Waals surface area contributed by atoms with Crippen LogP contribution in [-0.2, 0) is 17.8 Å². The van der Waals surface area contributed by atoms with Gasteiger partial charge in [0, 0.05) is 12.0 Å². The molecule has 36 heavy (non-hydrogen) atoms. The summed E-state index contributed by atoms with van der Waals surface area (Å²) in [7, 11) is 2.97. The zero-order chi connectivity index (χ0) is 26.3. The van der Waals surface area contributed by atoms with Crippen molar-refractivity contribution >= 4 is 11.8 Å². The number of nitrogens with zero attached hydrogens (tertiary/aromatic N) is 1. The molecule has 13 heteroatoms. The molecule has 3 N–H and O–H groups in total. The number of nitrogens with one attached hydrogen (secondary N) is 1. The number of ether oxygens (including phenoxy) is 4. The second-order valence-electron chi connectivity index (χ2n) is 7.16. The number of primary amides is 1. The Kier molecular flexibility index (Phi) is 8.25. The van der Waals surface area contributed by atoms with Crippen molar-refractivity contribution in [2.75, 3.05) is 20.8 Å². The number of carbonyl (C=O) groups is 2. The molecule has 0 bridgehead atoms. The molecule has 0 radical (unpaired) electrons. The maximum absolute atomic E-state index is 12.2. The number of oxazole rings is 1. The summed E-state index contributed by atoms with van der Waals surface area (Å²) in [5, 5.41) is 2.51. The highest BCUT2D eigenvalue weighted by atomic mass is 19.4. The highest BCUT2D eigenvalue weighted by Gasteiger charge is 2.31. The van der Waals surface area contributed by atoms with Crippen LogP contribution >= 0.6 is 0 Å². The molecule has 0 spiro atoms. The Morgan fingerprint density at radius 2 is 1.75 bits per heavy atom. The first-order valence-electron chi connectivity index (χ1n) is 10.3. The van der Waals surface area contributed by atoms with Gasteiger partial charge >= 0.3 is 6.36 Å². The van der Waals surface area contributed by atoms with Gasteiger partial charge < -0.3 is 34.4 Å². The van der Waals surface area contributed by atoms with E-state index in [0.717, 1.165) is 12.1 Å². The minimum atomic E-state index is -4.81. The van der Waals surface area contributed by atoms with Crippen molar-refractivity contribution in [1.82, 2.24) is 10.3 Å². The van der Waals surface area contributed by atoms with Crippen LogP contribution in [0.3, 0.4) is 0 Å². The first-order chi connectivity index (χ1) is 17.1. The largest absolute Gasteiger partial charge is 0.573 e. The van der Waals surface area contributed by atoms with Crippen LogP contribution in [0.5, 0.6) is 23.0 Å². The molecule has 0 aliphatic rings. The number of hydrogen-bond acceptors (Lipinski definition) is 8. The van der Waals surface area contributed by atoms with Crippen LogP contribution in [0, 0.1) is 0 Å². The maximum atomic E-state index is 12.2. The number of benzene rings is 2. The predicted octanol–water partition coefficient (Wildman–Crippen LogP) is 2.98. The molecular formula is C23H22F3N3O7. The van der Waals surface area contributed by atoms with Gasteiger partial charge in [-0.3, -0.25) is 9.59 Å². The average molecular weight is 509 g/mol. The molecule has 0 unspecified atom stereocenters. The van der Waals surface area contributed by atoms with Gasteiger partial charge in [0.15, 0.2) is 23.8 Å². The van der Waals surface area contributed by atoms with Gasteiger partial charge in [0.1, 0.15) is 17.3 Å². The first-order valence-corrected chi connectivity index (χ1v) is 10.3. The molecule has 3 rings (SSSR count). The molecule has 10 nitrogen and oxygen atoms in total. The van der Waals surface area contributed by atoms with Crippen molar-refractivity contribution in [3.63, 3.8) is 0 Å². The molecule has 0 aliphatic heterocycles. The van der Waals surface area contributed by atoms with Gasteiger partial charge in [-0.2, -0.15) is 0 Å². The van der Waals surface area contributed by atoms with Crippen molar-refractivity contribution < 1.29 is 46.1 Å². The highest BCUT2D eigenvalue weighted by Crippen LogP contribution is 2.33. The average Bonchev–Trinajstić information content (AvgIpc) is 3.24. The number of para-hydroxylation sites is 1. The van der Waals surface area contributed by atoms with E-state index in [1.54, 1.807) is 18.2 Å². The lowest BCUT2D eigenvalue weighted by molar-refractivity contribution is -0.274. The van der Waals surface area contributed by atoms with Gasteiger partial charge in [-0.1, -0.05) is 12.1 Å². The topological polar surface area (TPSA) is 135 Å². The number of nitrogens with two attached hydrogens (primary N) is 1. The number of alkyl halides is 3. The number of carbonyl (C=O) groups excluding carboxylic acids is 2. The molecule has 0 atom stereocenters. The van der Waals surface area contributed by atoms with Crippen LogP contribution in [-0.4, -0.2) is 44.0 Å². The smallest absolute Gasteiger partial charge is 0.493 e. The Bertz CT molecular complexity index is 1210. The third kappa shape index (κ3) is 7.04. The van der Waals surface area contributed by atoms with Gasteiger partial charge in [0.25, 0.3) is 11.8 Å². The van der Waals surface area contributed by atoms with E-state index in [1.807, 2.05) is 0 Å². The van der Waals surface area contributed by atoms with E-state index in [4.69, 9.17) is 24.4 Å². The fraction of sp³-hybridized carbons (Fsp3) is 0.261. The summed E-state index contributed by atoms with van der Waals surface area (Å²) in [6.07, 6.45) is -4.69. The van der Waals surface area contributed by atoms with E-state index in [0.29, 0.717) is 17.1 Å². The SMILES string of the molecule is COc1cccc(Cc2oc(CNC(=O)COc3ccc(OC(F)(F)F)cc3)nc2C(N)=O)c1OC. The van der Waals surface area contributed by atoms with E-state index >= 15 is 0 Å². The highest BCUT2D eigenvalue weighted by molar-refractivity contribution is 5.91. The molecule has 0 aliphatic carbocycles. The zero-order valence-corrected chi connectivity index (χ0v) is 19.2. The minimum Gasteiger partial charge on any atom is -0.493 e. The Labute approximate surface area is 203 Å². The summed E-state index contributed by atoms with van der Waals surface area (Å²) in [6.45, 7) is -0.604. The number of amides is 2. The number of halogens is 3. The predicted molar refractivity (Wildman–Crippen MR) is 118 cm³/mol. The summed E-state index contributed by atoms with van der Waals surface area (Å²) in [5.41, 5.74) is 5.99. The van der Waals surface area contributed by atoms with Crippen molar-refractivity contribution in [2.24, 2.45) is 5.73 Å². The molecule has 192 valence electrons. The van der Waals surface area contributed by atoms with Crippen molar-refractivity contribution in [1.29, 1.82) is 0 Å². The second-order valence-corrected chi connectivity index (χ2v) is 7.16. The van der Waals surface area contributed by atoms with E-state index in [9.17, 15) is 22.8 Å².